The van der Waals surface area contributed by atoms with Crippen molar-refractivity contribution in [1.82, 2.24) is 20.2 Å². The molecule has 0 saturated carbocycles. The van der Waals surface area contributed by atoms with E-state index in [1.165, 1.54) is 0 Å². The van der Waals surface area contributed by atoms with Gasteiger partial charge >= 0.3 is 18.3 Å². The Morgan fingerprint density at radius 2 is 1.62 bits per heavy atom. The van der Waals surface area contributed by atoms with Crippen LogP contribution >= 0.6 is 0 Å². The molecule has 0 N–H and O–H groups in total. The van der Waals surface area contributed by atoms with Gasteiger partial charge in [0.2, 0.25) is 0 Å². The maximum Gasteiger partial charge on any atom is 0.477 e. The lowest BCUT2D eigenvalue weighted by Gasteiger charge is -2.17. The Morgan fingerprint density at radius 1 is 1.08 bits per heavy atom. The van der Waals surface area contributed by atoms with E-state index >= 15 is 0 Å². The summed E-state index contributed by atoms with van der Waals surface area (Å²) >= 11 is 0. The van der Waals surface area contributed by atoms with E-state index in [2.05, 4.69) is 15.5 Å². The molecule has 1 heterocycles. The van der Waals surface area contributed by atoms with Crippen LogP contribution < -0.4 is 0 Å². The fourth-order valence-electron chi connectivity index (χ4n) is 0.468. The van der Waals surface area contributed by atoms with Crippen LogP contribution in [0.1, 0.15) is 0 Å². The van der Waals surface area contributed by atoms with Gasteiger partial charge in [-0.05, 0) is 10.4 Å². The highest BCUT2D eigenvalue weighted by molar-refractivity contribution is 4.72. The number of aromatic nitrogens is 4. The minimum absolute atomic E-state index is 1.24. The van der Waals surface area contributed by atoms with Crippen LogP contribution in [0.4, 0.5) is 26.3 Å². The van der Waals surface area contributed by atoms with Gasteiger partial charge in [-0.15, -0.1) is 4.68 Å². The Balaban J connectivity index is 3.15. The summed E-state index contributed by atoms with van der Waals surface area (Å²) in [7, 11) is 0. The van der Waals surface area contributed by atoms with Gasteiger partial charge < -0.3 is 0 Å². The highest BCUT2D eigenvalue weighted by Gasteiger charge is 2.61. The van der Waals surface area contributed by atoms with Crippen LogP contribution in [0.2, 0.25) is 0 Å². The lowest BCUT2D eigenvalue weighted by atomic mass is 10.5. The molecule has 1 aromatic rings. The van der Waals surface area contributed by atoms with Gasteiger partial charge in [0, 0.05) is 0 Å². The first-order chi connectivity index (χ1) is 5.77. The van der Waals surface area contributed by atoms with E-state index in [1.807, 2.05) is 0 Å². The maximum absolute atomic E-state index is 12.2. The van der Waals surface area contributed by atoms with Crippen molar-refractivity contribution in [2.75, 3.05) is 0 Å². The second-order valence-corrected chi connectivity index (χ2v) is 1.90. The summed E-state index contributed by atoms with van der Waals surface area (Å²) in [5.74, 6) is 0. The molecule has 0 aliphatic heterocycles. The molecule has 10 heteroatoms. The van der Waals surface area contributed by atoms with E-state index in [4.69, 9.17) is 0 Å². The molecule has 0 aliphatic rings. The van der Waals surface area contributed by atoms with E-state index in [-0.39, 0.29) is 0 Å². The fraction of sp³-hybridized carbons (Fsp3) is 0.667. The van der Waals surface area contributed by atoms with Gasteiger partial charge in [0.05, 0.1) is 0 Å². The van der Waals surface area contributed by atoms with Crippen molar-refractivity contribution in [2.45, 2.75) is 12.2 Å². The van der Waals surface area contributed by atoms with E-state index < -0.39 is 23.0 Å². The molecule has 13 heavy (non-hydrogen) atoms. The molecule has 0 bridgehead atoms. The molecule has 0 aliphatic carbocycles. The number of hydrogen-bond acceptors (Lipinski definition) is 3. The lowest BCUT2D eigenvalue weighted by molar-refractivity contribution is -0.331. The first-order valence-electron chi connectivity index (χ1n) is 2.65. The molecule has 4 nitrogen and oxygen atoms in total. The quantitative estimate of drug-likeness (QED) is 0.641. The second kappa shape index (κ2) is 2.57. The third-order valence-corrected chi connectivity index (χ3v) is 1.04. The SMILES string of the molecule is Fc1nnnn1C(F)(F)C(F)(F)F. The zero-order chi connectivity index (χ0) is 10.3. The summed E-state index contributed by atoms with van der Waals surface area (Å²) in [6.45, 7) is 0. The van der Waals surface area contributed by atoms with E-state index in [9.17, 15) is 26.3 Å². The van der Waals surface area contributed by atoms with Crippen LogP contribution in [-0.4, -0.2) is 26.4 Å². The van der Waals surface area contributed by atoms with Crippen molar-refractivity contribution in [3.63, 3.8) is 0 Å². The topological polar surface area (TPSA) is 43.6 Å². The molecule has 0 atom stereocenters. The highest BCUT2D eigenvalue weighted by atomic mass is 19.4. The Morgan fingerprint density at radius 3 is 1.92 bits per heavy atom. The number of rotatable bonds is 1. The summed E-state index contributed by atoms with van der Waals surface area (Å²) in [4.78, 5) is 0. The minimum Gasteiger partial charge on any atom is -0.170 e. The number of tetrazole rings is 1. The third-order valence-electron chi connectivity index (χ3n) is 1.04. The number of nitrogens with zero attached hydrogens (tertiary/aromatic N) is 4. The Hall–Kier alpha value is -1.35. The molecule has 1 aromatic heterocycles. The molecule has 0 unspecified atom stereocenters. The van der Waals surface area contributed by atoms with Crippen LogP contribution in [0.25, 0.3) is 0 Å². The van der Waals surface area contributed by atoms with Crippen LogP contribution in [0.15, 0.2) is 0 Å². The first-order valence-corrected chi connectivity index (χ1v) is 2.65. The van der Waals surface area contributed by atoms with Crippen molar-refractivity contribution in [3.8, 4) is 0 Å². The smallest absolute Gasteiger partial charge is 0.170 e. The van der Waals surface area contributed by atoms with E-state index in [0.717, 1.165) is 0 Å². The van der Waals surface area contributed by atoms with Gasteiger partial charge in [0.15, 0.2) is 0 Å². The molecular formula is C3F6N4. The van der Waals surface area contributed by atoms with Gasteiger partial charge in [0.25, 0.3) is 0 Å². The Labute approximate surface area is 66.1 Å². The summed E-state index contributed by atoms with van der Waals surface area (Å²) in [6.07, 6.45) is -8.05. The van der Waals surface area contributed by atoms with Crippen molar-refractivity contribution < 1.29 is 26.3 Å². The monoisotopic (exact) mass is 206 g/mol. The molecule has 74 valence electrons. The summed E-state index contributed by atoms with van der Waals surface area (Å²) in [5, 5.41) is 6.73. The molecule has 0 radical (unpaired) electrons. The van der Waals surface area contributed by atoms with E-state index in [1.54, 1.807) is 0 Å². The normalized spacial score (nSPS) is 13.4. The van der Waals surface area contributed by atoms with Crippen molar-refractivity contribution in [3.05, 3.63) is 6.08 Å². The van der Waals surface area contributed by atoms with Gasteiger partial charge in [0.1, 0.15) is 0 Å². The van der Waals surface area contributed by atoms with Gasteiger partial charge in [-0.2, -0.15) is 26.3 Å². The average Bonchev–Trinajstić information content (AvgIpc) is 2.32. The zero-order valence-electron chi connectivity index (χ0n) is 5.56. The largest absolute Gasteiger partial charge is 0.477 e. The molecule has 0 saturated heterocycles. The second-order valence-electron chi connectivity index (χ2n) is 1.90. The molecule has 0 amide bonds. The lowest BCUT2D eigenvalue weighted by Crippen LogP contribution is -2.41. The highest BCUT2D eigenvalue weighted by Crippen LogP contribution is 2.38. The zero-order valence-corrected chi connectivity index (χ0v) is 5.56. The Bertz CT molecular complexity index is 301. The van der Waals surface area contributed by atoms with Crippen LogP contribution in [-0.2, 0) is 6.05 Å². The molecule has 0 aromatic carbocycles. The molecular weight excluding hydrogens is 206 g/mol. The van der Waals surface area contributed by atoms with Gasteiger partial charge in [-0.3, -0.25) is 0 Å². The van der Waals surface area contributed by atoms with Crippen molar-refractivity contribution >= 4 is 0 Å². The summed E-state index contributed by atoms with van der Waals surface area (Å²) in [6, 6.07) is -5.44. The number of alkyl halides is 5. The van der Waals surface area contributed by atoms with Crippen molar-refractivity contribution in [2.24, 2.45) is 0 Å². The fourth-order valence-corrected chi connectivity index (χ4v) is 0.468. The van der Waals surface area contributed by atoms with E-state index in [0.29, 0.717) is 0 Å². The number of hydrogen-bond donors (Lipinski definition) is 0. The minimum atomic E-state index is -5.94. The average molecular weight is 206 g/mol. The molecule has 1 rings (SSSR count). The van der Waals surface area contributed by atoms with Crippen molar-refractivity contribution in [1.29, 1.82) is 0 Å². The number of halogens is 6. The predicted octanol–water partition coefficient (Wildman–Crippen LogP) is 0.924. The summed E-state index contributed by atoms with van der Waals surface area (Å²) < 4.78 is 69.9. The van der Waals surface area contributed by atoms with Crippen LogP contribution in [0.5, 0.6) is 0 Å². The van der Waals surface area contributed by atoms with Crippen LogP contribution in [0.3, 0.4) is 0 Å². The Kier molecular flexibility index (Phi) is 1.92. The first kappa shape index (κ1) is 9.74. The van der Waals surface area contributed by atoms with Crippen LogP contribution in [0, 0.1) is 6.08 Å². The van der Waals surface area contributed by atoms with Gasteiger partial charge in [-0.25, -0.2) is 0 Å². The molecule has 0 spiro atoms. The third kappa shape index (κ3) is 1.42. The predicted molar refractivity (Wildman–Crippen MR) is 24.0 cm³/mol. The van der Waals surface area contributed by atoms with Gasteiger partial charge in [-0.1, -0.05) is 5.10 Å². The molecule has 0 fully saturated rings. The maximum atomic E-state index is 12.2. The summed E-state index contributed by atoms with van der Waals surface area (Å²) in [5.41, 5.74) is 0. The standard InChI is InChI=1S/C3F6N4/c4-1-10-11-12-13(1)3(8,9)2(5,6)7.